The number of aromatic carboxylic acids is 1. The number of carboxylic acids is 1. The largest absolute Gasteiger partial charge is 0.492 e. The van der Waals surface area contributed by atoms with Gasteiger partial charge in [-0.25, -0.2) is 4.79 Å². The summed E-state index contributed by atoms with van der Waals surface area (Å²) in [7, 11) is 0. The zero-order valence-corrected chi connectivity index (χ0v) is 11.1. The number of para-hydroxylation sites is 3. The van der Waals surface area contributed by atoms with E-state index in [4.69, 9.17) is 10.5 Å². The SMILES string of the molecule is CCOc1ccccc1Nc1c(N)cccc1C(=O)O. The number of ether oxygens (including phenoxy) is 1. The molecule has 4 N–H and O–H groups in total. The molecule has 0 bridgehead atoms. The predicted molar refractivity (Wildman–Crippen MR) is 78.7 cm³/mol. The first-order valence-electron chi connectivity index (χ1n) is 6.24. The number of hydrogen-bond acceptors (Lipinski definition) is 4. The van der Waals surface area contributed by atoms with Gasteiger partial charge in [0.2, 0.25) is 0 Å². The molecular weight excluding hydrogens is 256 g/mol. The summed E-state index contributed by atoms with van der Waals surface area (Å²) < 4.78 is 5.50. The molecule has 0 aliphatic rings. The summed E-state index contributed by atoms with van der Waals surface area (Å²) in [6.07, 6.45) is 0. The van der Waals surface area contributed by atoms with Crippen molar-refractivity contribution in [3.63, 3.8) is 0 Å². The molecular formula is C15H16N2O3. The van der Waals surface area contributed by atoms with E-state index in [0.717, 1.165) is 0 Å². The molecule has 0 aliphatic carbocycles. The third-order valence-electron chi connectivity index (χ3n) is 2.77. The first-order chi connectivity index (χ1) is 9.63. The van der Waals surface area contributed by atoms with Crippen LogP contribution < -0.4 is 15.8 Å². The predicted octanol–water partition coefficient (Wildman–Crippen LogP) is 3.11. The van der Waals surface area contributed by atoms with Crippen LogP contribution in [0.5, 0.6) is 5.75 Å². The first kappa shape index (κ1) is 13.7. The van der Waals surface area contributed by atoms with Gasteiger partial charge in [0.25, 0.3) is 0 Å². The lowest BCUT2D eigenvalue weighted by molar-refractivity contribution is 0.0698. The molecule has 0 saturated carbocycles. The normalized spacial score (nSPS) is 10.1. The van der Waals surface area contributed by atoms with Crippen molar-refractivity contribution in [2.24, 2.45) is 0 Å². The Labute approximate surface area is 117 Å². The monoisotopic (exact) mass is 272 g/mol. The zero-order valence-electron chi connectivity index (χ0n) is 11.1. The van der Waals surface area contributed by atoms with E-state index in [9.17, 15) is 9.90 Å². The van der Waals surface area contributed by atoms with Crippen LogP contribution in [0.25, 0.3) is 0 Å². The van der Waals surface area contributed by atoms with E-state index in [1.165, 1.54) is 6.07 Å². The summed E-state index contributed by atoms with van der Waals surface area (Å²) in [6, 6.07) is 12.1. The van der Waals surface area contributed by atoms with Crippen molar-refractivity contribution in [1.82, 2.24) is 0 Å². The van der Waals surface area contributed by atoms with Crippen LogP contribution in [0.15, 0.2) is 42.5 Å². The van der Waals surface area contributed by atoms with Gasteiger partial charge in [-0.1, -0.05) is 18.2 Å². The summed E-state index contributed by atoms with van der Waals surface area (Å²) in [6.45, 7) is 2.41. The van der Waals surface area contributed by atoms with Gasteiger partial charge in [0, 0.05) is 0 Å². The Hall–Kier alpha value is -2.69. The van der Waals surface area contributed by atoms with Crippen molar-refractivity contribution >= 4 is 23.0 Å². The Bertz CT molecular complexity index is 626. The average molecular weight is 272 g/mol. The van der Waals surface area contributed by atoms with Crippen LogP contribution in [-0.2, 0) is 0 Å². The van der Waals surface area contributed by atoms with Crippen molar-refractivity contribution in [2.45, 2.75) is 6.92 Å². The highest BCUT2D eigenvalue weighted by molar-refractivity contribution is 5.99. The Morgan fingerprint density at radius 2 is 2.00 bits per heavy atom. The summed E-state index contributed by atoms with van der Waals surface area (Å²) in [5.74, 6) is -0.386. The van der Waals surface area contributed by atoms with Crippen LogP contribution >= 0.6 is 0 Å². The molecule has 0 unspecified atom stereocenters. The fourth-order valence-corrected chi connectivity index (χ4v) is 1.87. The van der Waals surface area contributed by atoms with E-state index in [0.29, 0.717) is 29.4 Å². The van der Waals surface area contributed by atoms with Crippen LogP contribution in [0, 0.1) is 0 Å². The second-order valence-electron chi connectivity index (χ2n) is 4.13. The Balaban J connectivity index is 2.42. The molecule has 2 aromatic rings. The van der Waals surface area contributed by atoms with E-state index < -0.39 is 5.97 Å². The number of carbonyl (C=O) groups is 1. The van der Waals surface area contributed by atoms with Gasteiger partial charge in [0.1, 0.15) is 5.75 Å². The van der Waals surface area contributed by atoms with Crippen molar-refractivity contribution in [3.8, 4) is 5.75 Å². The molecule has 0 fully saturated rings. The van der Waals surface area contributed by atoms with Gasteiger partial charge in [0.05, 0.1) is 29.2 Å². The van der Waals surface area contributed by atoms with E-state index in [1.54, 1.807) is 12.1 Å². The Morgan fingerprint density at radius 1 is 1.25 bits per heavy atom. The maximum Gasteiger partial charge on any atom is 0.337 e. The number of carboxylic acid groups (broad SMARTS) is 1. The van der Waals surface area contributed by atoms with Gasteiger partial charge < -0.3 is 20.9 Å². The number of nitrogen functional groups attached to an aromatic ring is 1. The molecule has 20 heavy (non-hydrogen) atoms. The molecule has 0 amide bonds. The highest BCUT2D eigenvalue weighted by Gasteiger charge is 2.14. The second kappa shape index (κ2) is 5.97. The first-order valence-corrected chi connectivity index (χ1v) is 6.24. The average Bonchev–Trinajstić information content (AvgIpc) is 2.43. The van der Waals surface area contributed by atoms with Crippen LogP contribution in [0.2, 0.25) is 0 Å². The van der Waals surface area contributed by atoms with Gasteiger partial charge in [-0.05, 0) is 31.2 Å². The highest BCUT2D eigenvalue weighted by Crippen LogP contribution is 2.32. The van der Waals surface area contributed by atoms with Gasteiger partial charge in [-0.15, -0.1) is 0 Å². The van der Waals surface area contributed by atoms with Gasteiger partial charge in [-0.2, -0.15) is 0 Å². The van der Waals surface area contributed by atoms with E-state index in [-0.39, 0.29) is 5.56 Å². The molecule has 2 aromatic carbocycles. The lowest BCUT2D eigenvalue weighted by Gasteiger charge is -2.15. The molecule has 0 radical (unpaired) electrons. The molecule has 0 aromatic heterocycles. The molecule has 5 nitrogen and oxygen atoms in total. The smallest absolute Gasteiger partial charge is 0.337 e. The summed E-state index contributed by atoms with van der Waals surface area (Å²) >= 11 is 0. The molecule has 5 heteroatoms. The number of hydrogen-bond donors (Lipinski definition) is 3. The van der Waals surface area contributed by atoms with Gasteiger partial charge in [0.15, 0.2) is 0 Å². The Kier molecular flexibility index (Phi) is 4.10. The van der Waals surface area contributed by atoms with Crippen molar-refractivity contribution in [1.29, 1.82) is 0 Å². The fraction of sp³-hybridized carbons (Fsp3) is 0.133. The molecule has 0 heterocycles. The lowest BCUT2D eigenvalue weighted by Crippen LogP contribution is -2.06. The molecule has 104 valence electrons. The van der Waals surface area contributed by atoms with Crippen molar-refractivity contribution in [2.75, 3.05) is 17.7 Å². The van der Waals surface area contributed by atoms with E-state index >= 15 is 0 Å². The third-order valence-corrected chi connectivity index (χ3v) is 2.77. The van der Waals surface area contributed by atoms with Crippen LogP contribution in [-0.4, -0.2) is 17.7 Å². The third kappa shape index (κ3) is 2.83. The minimum atomic E-state index is -1.03. The van der Waals surface area contributed by atoms with Crippen LogP contribution in [0.1, 0.15) is 17.3 Å². The van der Waals surface area contributed by atoms with Crippen LogP contribution in [0.3, 0.4) is 0 Å². The number of benzene rings is 2. The molecule has 2 rings (SSSR count). The van der Waals surface area contributed by atoms with Crippen molar-refractivity contribution < 1.29 is 14.6 Å². The Morgan fingerprint density at radius 3 is 2.70 bits per heavy atom. The molecule has 0 atom stereocenters. The maximum atomic E-state index is 11.2. The summed E-state index contributed by atoms with van der Waals surface area (Å²) in [4.78, 5) is 11.2. The van der Waals surface area contributed by atoms with Crippen molar-refractivity contribution in [3.05, 3.63) is 48.0 Å². The van der Waals surface area contributed by atoms with Crippen LogP contribution in [0.4, 0.5) is 17.1 Å². The fourth-order valence-electron chi connectivity index (χ4n) is 1.87. The highest BCUT2D eigenvalue weighted by atomic mass is 16.5. The zero-order chi connectivity index (χ0) is 14.5. The van der Waals surface area contributed by atoms with Gasteiger partial charge in [-0.3, -0.25) is 0 Å². The molecule has 0 spiro atoms. The minimum absolute atomic E-state index is 0.122. The van der Waals surface area contributed by atoms with E-state index in [2.05, 4.69) is 5.32 Å². The lowest BCUT2D eigenvalue weighted by atomic mass is 10.1. The minimum Gasteiger partial charge on any atom is -0.492 e. The van der Waals surface area contributed by atoms with E-state index in [1.807, 2.05) is 31.2 Å². The number of anilines is 3. The standard InChI is InChI=1S/C15H16N2O3/c1-2-20-13-9-4-3-8-12(13)17-14-10(15(18)19)6-5-7-11(14)16/h3-9,17H,2,16H2,1H3,(H,18,19). The summed E-state index contributed by atoms with van der Waals surface area (Å²) in [5.41, 5.74) is 7.40. The number of rotatable bonds is 5. The summed E-state index contributed by atoms with van der Waals surface area (Å²) in [5, 5.41) is 12.3. The number of nitrogens with two attached hydrogens (primary N) is 1. The molecule has 0 saturated heterocycles. The maximum absolute atomic E-state index is 11.2. The second-order valence-corrected chi connectivity index (χ2v) is 4.13. The quantitative estimate of drug-likeness (QED) is 0.728. The van der Waals surface area contributed by atoms with Gasteiger partial charge >= 0.3 is 5.97 Å². The molecule has 0 aliphatic heterocycles. The topological polar surface area (TPSA) is 84.6 Å². The number of nitrogens with one attached hydrogen (secondary N) is 1.